The summed E-state index contributed by atoms with van der Waals surface area (Å²) in [5.74, 6) is -1.45. The molecule has 0 spiro atoms. The van der Waals surface area contributed by atoms with E-state index >= 15 is 0 Å². The molecular weight excluding hydrogens is 240 g/mol. The number of ether oxygens (including phenoxy) is 1. The molecule has 0 saturated carbocycles. The second kappa shape index (κ2) is 5.96. The summed E-state index contributed by atoms with van der Waals surface area (Å²) in [7, 11) is 0. The maximum Gasteiger partial charge on any atom is 0.380 e. The normalized spacial score (nSPS) is 11.6. The number of carbonyl (C=O) groups excluding carboxylic acids is 2. The maximum atomic E-state index is 11.8. The van der Waals surface area contributed by atoms with Crippen LogP contribution in [-0.4, -0.2) is 11.8 Å². The minimum Gasteiger partial charge on any atom is -0.452 e. The number of benzene rings is 2. The van der Waals surface area contributed by atoms with E-state index in [2.05, 4.69) is 0 Å². The van der Waals surface area contributed by atoms with Gasteiger partial charge in [0.15, 0.2) is 0 Å². The van der Waals surface area contributed by atoms with Crippen molar-refractivity contribution in [2.45, 2.75) is 13.0 Å². The second-order valence-corrected chi connectivity index (χ2v) is 4.15. The third kappa shape index (κ3) is 3.28. The molecular formula is C16H14O3. The molecule has 3 heteroatoms. The average molecular weight is 254 g/mol. The van der Waals surface area contributed by atoms with Crippen molar-refractivity contribution < 1.29 is 14.3 Å². The van der Waals surface area contributed by atoms with Crippen molar-refractivity contribution in [1.82, 2.24) is 0 Å². The van der Waals surface area contributed by atoms with E-state index < -0.39 is 17.9 Å². The zero-order valence-corrected chi connectivity index (χ0v) is 10.6. The van der Waals surface area contributed by atoms with Crippen LogP contribution in [0.2, 0.25) is 0 Å². The minimum atomic E-state index is -0.831. The molecule has 0 fully saturated rings. The Morgan fingerprint density at radius 2 is 1.42 bits per heavy atom. The highest BCUT2D eigenvalue weighted by atomic mass is 16.5. The smallest absolute Gasteiger partial charge is 0.380 e. The van der Waals surface area contributed by atoms with Crippen LogP contribution in [-0.2, 0) is 9.53 Å². The van der Waals surface area contributed by atoms with Crippen LogP contribution in [0.1, 0.15) is 28.9 Å². The topological polar surface area (TPSA) is 43.4 Å². The molecule has 1 atom stereocenters. The molecule has 0 aliphatic heterocycles. The van der Waals surface area contributed by atoms with Crippen molar-refractivity contribution in [3.63, 3.8) is 0 Å². The Hall–Kier alpha value is -2.42. The van der Waals surface area contributed by atoms with Crippen LogP contribution in [0.5, 0.6) is 0 Å². The third-order valence-electron chi connectivity index (χ3n) is 2.77. The van der Waals surface area contributed by atoms with Crippen molar-refractivity contribution in [2.75, 3.05) is 0 Å². The van der Waals surface area contributed by atoms with Crippen LogP contribution >= 0.6 is 0 Å². The van der Waals surface area contributed by atoms with Gasteiger partial charge in [-0.05, 0) is 12.5 Å². The first-order valence-corrected chi connectivity index (χ1v) is 6.04. The van der Waals surface area contributed by atoms with E-state index in [0.717, 1.165) is 5.56 Å². The monoisotopic (exact) mass is 254 g/mol. The number of esters is 1. The molecule has 2 rings (SSSR count). The van der Waals surface area contributed by atoms with Crippen molar-refractivity contribution in [2.24, 2.45) is 0 Å². The van der Waals surface area contributed by atoms with Crippen molar-refractivity contribution in [3.05, 3.63) is 71.8 Å². The van der Waals surface area contributed by atoms with Crippen LogP contribution in [0.15, 0.2) is 60.7 Å². The average Bonchev–Trinajstić information content (AvgIpc) is 2.48. The Labute approximate surface area is 111 Å². The summed E-state index contributed by atoms with van der Waals surface area (Å²) in [6.45, 7) is 1.74. The van der Waals surface area contributed by atoms with Crippen LogP contribution in [0.3, 0.4) is 0 Å². The van der Waals surface area contributed by atoms with Crippen molar-refractivity contribution >= 4 is 11.8 Å². The summed E-state index contributed by atoms with van der Waals surface area (Å²) in [4.78, 5) is 23.6. The van der Waals surface area contributed by atoms with Crippen LogP contribution in [0.25, 0.3) is 0 Å². The lowest BCUT2D eigenvalue weighted by atomic mass is 10.1. The Morgan fingerprint density at radius 3 is 2.00 bits per heavy atom. The summed E-state index contributed by atoms with van der Waals surface area (Å²) in [6.07, 6.45) is -0.443. The van der Waals surface area contributed by atoms with Gasteiger partial charge in [0.25, 0.3) is 5.78 Å². The lowest BCUT2D eigenvalue weighted by Crippen LogP contribution is -2.19. The molecule has 2 aromatic carbocycles. The number of ketones is 1. The number of carbonyl (C=O) groups is 2. The van der Waals surface area contributed by atoms with E-state index in [1.807, 2.05) is 30.3 Å². The fraction of sp³-hybridized carbons (Fsp3) is 0.125. The van der Waals surface area contributed by atoms with Gasteiger partial charge in [-0.15, -0.1) is 0 Å². The van der Waals surface area contributed by atoms with Gasteiger partial charge in [0.05, 0.1) is 0 Å². The molecule has 0 aromatic heterocycles. The zero-order chi connectivity index (χ0) is 13.7. The largest absolute Gasteiger partial charge is 0.452 e. The Balaban J connectivity index is 2.04. The first-order chi connectivity index (χ1) is 9.18. The minimum absolute atomic E-state index is 0.341. The van der Waals surface area contributed by atoms with E-state index in [-0.39, 0.29) is 0 Å². The summed E-state index contributed by atoms with van der Waals surface area (Å²) >= 11 is 0. The highest BCUT2D eigenvalue weighted by Gasteiger charge is 2.20. The third-order valence-corrected chi connectivity index (χ3v) is 2.77. The maximum absolute atomic E-state index is 11.8. The Morgan fingerprint density at radius 1 is 0.895 bits per heavy atom. The summed E-state index contributed by atoms with van der Waals surface area (Å²) < 4.78 is 5.16. The molecule has 19 heavy (non-hydrogen) atoms. The number of hydrogen-bond acceptors (Lipinski definition) is 3. The van der Waals surface area contributed by atoms with E-state index in [1.54, 1.807) is 37.3 Å². The predicted molar refractivity (Wildman–Crippen MR) is 71.7 cm³/mol. The molecule has 0 saturated heterocycles. The fourth-order valence-corrected chi connectivity index (χ4v) is 1.71. The number of hydrogen-bond donors (Lipinski definition) is 0. The van der Waals surface area contributed by atoms with Crippen LogP contribution < -0.4 is 0 Å². The molecule has 0 aliphatic rings. The van der Waals surface area contributed by atoms with Gasteiger partial charge in [0.2, 0.25) is 0 Å². The van der Waals surface area contributed by atoms with Gasteiger partial charge in [-0.25, -0.2) is 4.79 Å². The lowest BCUT2D eigenvalue weighted by Gasteiger charge is -2.12. The molecule has 0 radical (unpaired) electrons. The van der Waals surface area contributed by atoms with Crippen molar-refractivity contribution in [3.8, 4) is 0 Å². The number of Topliss-reactive ketones (excluding diaryl/α,β-unsaturated/α-hetero) is 1. The molecule has 3 nitrogen and oxygen atoms in total. The second-order valence-electron chi connectivity index (χ2n) is 4.15. The van der Waals surface area contributed by atoms with Gasteiger partial charge in [-0.2, -0.15) is 0 Å². The van der Waals surface area contributed by atoms with Gasteiger partial charge in [-0.1, -0.05) is 60.7 Å². The molecule has 0 heterocycles. The van der Waals surface area contributed by atoms with Crippen molar-refractivity contribution in [1.29, 1.82) is 0 Å². The number of rotatable bonds is 4. The highest BCUT2D eigenvalue weighted by Crippen LogP contribution is 2.16. The quantitative estimate of drug-likeness (QED) is 0.478. The van der Waals surface area contributed by atoms with E-state index in [1.165, 1.54) is 0 Å². The van der Waals surface area contributed by atoms with E-state index in [4.69, 9.17) is 4.74 Å². The molecule has 0 bridgehead atoms. The standard InChI is InChI=1S/C16H14O3/c1-12(13-8-4-2-5-9-13)19-16(18)15(17)14-10-6-3-7-11-14/h2-12H,1H3. The highest BCUT2D eigenvalue weighted by molar-refractivity contribution is 6.40. The van der Waals surface area contributed by atoms with Gasteiger partial charge in [0.1, 0.15) is 6.10 Å². The SMILES string of the molecule is CC(OC(=O)C(=O)c1ccccc1)c1ccccc1. The van der Waals surface area contributed by atoms with Gasteiger partial charge >= 0.3 is 5.97 Å². The first-order valence-electron chi connectivity index (χ1n) is 6.04. The molecule has 96 valence electrons. The van der Waals surface area contributed by atoms with Gasteiger partial charge in [-0.3, -0.25) is 4.79 Å². The summed E-state index contributed by atoms with van der Waals surface area (Å²) in [5.41, 5.74) is 1.20. The molecule has 0 amide bonds. The predicted octanol–water partition coefficient (Wildman–Crippen LogP) is 3.17. The van der Waals surface area contributed by atoms with E-state index in [9.17, 15) is 9.59 Å². The fourth-order valence-electron chi connectivity index (χ4n) is 1.71. The van der Waals surface area contributed by atoms with Gasteiger partial charge in [0, 0.05) is 5.56 Å². The molecule has 2 aromatic rings. The Kier molecular flexibility index (Phi) is 4.08. The van der Waals surface area contributed by atoms with E-state index in [0.29, 0.717) is 5.56 Å². The van der Waals surface area contributed by atoms with Gasteiger partial charge < -0.3 is 4.74 Å². The summed E-state index contributed by atoms with van der Waals surface area (Å²) in [6, 6.07) is 17.7. The Bertz CT molecular complexity index is 561. The molecule has 0 aliphatic carbocycles. The molecule has 1 unspecified atom stereocenters. The van der Waals surface area contributed by atoms with Crippen LogP contribution in [0.4, 0.5) is 0 Å². The molecule has 0 N–H and O–H groups in total. The van der Waals surface area contributed by atoms with Crippen LogP contribution in [0, 0.1) is 0 Å². The zero-order valence-electron chi connectivity index (χ0n) is 10.6. The lowest BCUT2D eigenvalue weighted by molar-refractivity contribution is -0.142. The summed E-state index contributed by atoms with van der Waals surface area (Å²) in [5, 5.41) is 0. The first kappa shape index (κ1) is 13.0.